The first-order valence-electron chi connectivity index (χ1n) is 7.59. The minimum atomic E-state index is 0.513. The lowest BCUT2D eigenvalue weighted by atomic mass is 10.0. The summed E-state index contributed by atoms with van der Waals surface area (Å²) >= 11 is 0. The summed E-state index contributed by atoms with van der Waals surface area (Å²) in [7, 11) is 0. The quantitative estimate of drug-likeness (QED) is 0.675. The van der Waals surface area contributed by atoms with E-state index in [2.05, 4.69) is 46.7 Å². The van der Waals surface area contributed by atoms with E-state index in [0.29, 0.717) is 18.9 Å². The first kappa shape index (κ1) is 15.1. The molecule has 0 radical (unpaired) electrons. The lowest BCUT2D eigenvalue weighted by Gasteiger charge is -2.10. The Bertz CT molecular complexity index is 799. The van der Waals surface area contributed by atoms with Gasteiger partial charge in [0, 0.05) is 19.3 Å². The van der Waals surface area contributed by atoms with Crippen molar-refractivity contribution in [3.63, 3.8) is 0 Å². The van der Waals surface area contributed by atoms with E-state index in [4.69, 9.17) is 11.5 Å². The fourth-order valence-corrected chi connectivity index (χ4v) is 2.50. The Labute approximate surface area is 136 Å². The number of hydrogen-bond donors (Lipinski definition) is 3. The standard InChI is InChI=1S/C19H20N4/c20-12-14-4-1-6-16(10-14)17-7-2-5-15(11-17)13-23-18-8-3-9-22-19(18)21/h1-11,23H,12-13,20H2,(H2,21,22). The zero-order valence-corrected chi connectivity index (χ0v) is 12.9. The largest absolute Gasteiger partial charge is 0.382 e. The zero-order valence-electron chi connectivity index (χ0n) is 12.9. The molecule has 3 rings (SSSR count). The monoisotopic (exact) mass is 304 g/mol. The van der Waals surface area contributed by atoms with Gasteiger partial charge in [-0.3, -0.25) is 0 Å². The van der Waals surface area contributed by atoms with Crippen molar-refractivity contribution < 1.29 is 0 Å². The zero-order chi connectivity index (χ0) is 16.1. The molecule has 0 aliphatic rings. The second kappa shape index (κ2) is 6.94. The SMILES string of the molecule is NCc1cccc(-c2cccc(CNc3cccnc3N)c2)c1. The predicted octanol–water partition coefficient (Wildman–Crippen LogP) is 3.40. The number of pyridine rings is 1. The number of nitrogens with zero attached hydrogens (tertiary/aromatic N) is 1. The van der Waals surface area contributed by atoms with Crippen LogP contribution >= 0.6 is 0 Å². The molecule has 3 aromatic rings. The maximum Gasteiger partial charge on any atom is 0.146 e. The van der Waals surface area contributed by atoms with Crippen LogP contribution < -0.4 is 16.8 Å². The summed E-state index contributed by atoms with van der Waals surface area (Å²) in [6.45, 7) is 1.25. The molecule has 0 saturated heterocycles. The molecule has 1 heterocycles. The average molecular weight is 304 g/mol. The van der Waals surface area contributed by atoms with Crippen LogP contribution in [0.4, 0.5) is 11.5 Å². The van der Waals surface area contributed by atoms with E-state index in [1.807, 2.05) is 24.3 Å². The van der Waals surface area contributed by atoms with Crippen LogP contribution in [0, 0.1) is 0 Å². The van der Waals surface area contributed by atoms with Crippen LogP contribution in [0.3, 0.4) is 0 Å². The Hall–Kier alpha value is -2.85. The molecular weight excluding hydrogens is 284 g/mol. The molecule has 0 fully saturated rings. The number of nitrogen functional groups attached to an aromatic ring is 1. The summed E-state index contributed by atoms with van der Waals surface area (Å²) in [4.78, 5) is 4.08. The van der Waals surface area contributed by atoms with Crippen LogP contribution in [0.5, 0.6) is 0 Å². The number of hydrogen-bond acceptors (Lipinski definition) is 4. The molecule has 0 atom stereocenters. The summed E-state index contributed by atoms with van der Waals surface area (Å²) in [5, 5.41) is 3.32. The third-order valence-corrected chi connectivity index (χ3v) is 3.74. The van der Waals surface area contributed by atoms with Crippen LogP contribution in [0.15, 0.2) is 66.9 Å². The maximum absolute atomic E-state index is 5.85. The Morgan fingerprint density at radius 2 is 1.57 bits per heavy atom. The van der Waals surface area contributed by atoms with Crippen molar-refractivity contribution in [2.75, 3.05) is 11.1 Å². The van der Waals surface area contributed by atoms with Crippen LogP contribution in [-0.2, 0) is 13.1 Å². The minimum Gasteiger partial charge on any atom is -0.382 e. The van der Waals surface area contributed by atoms with E-state index in [1.165, 1.54) is 16.7 Å². The van der Waals surface area contributed by atoms with Crippen molar-refractivity contribution in [2.45, 2.75) is 13.1 Å². The molecule has 0 unspecified atom stereocenters. The van der Waals surface area contributed by atoms with Crippen LogP contribution in [-0.4, -0.2) is 4.98 Å². The number of anilines is 2. The first-order valence-corrected chi connectivity index (χ1v) is 7.59. The number of nitrogens with one attached hydrogen (secondary N) is 1. The smallest absolute Gasteiger partial charge is 0.146 e. The fourth-order valence-electron chi connectivity index (χ4n) is 2.50. The Morgan fingerprint density at radius 1 is 0.870 bits per heavy atom. The molecule has 116 valence electrons. The number of nitrogens with two attached hydrogens (primary N) is 2. The minimum absolute atomic E-state index is 0.513. The topological polar surface area (TPSA) is 77.0 Å². The van der Waals surface area contributed by atoms with Crippen molar-refractivity contribution in [3.05, 3.63) is 78.0 Å². The van der Waals surface area contributed by atoms with Gasteiger partial charge in [0.2, 0.25) is 0 Å². The summed E-state index contributed by atoms with van der Waals surface area (Å²) in [5.41, 5.74) is 17.1. The Balaban J connectivity index is 1.78. The second-order valence-electron chi connectivity index (χ2n) is 5.39. The van der Waals surface area contributed by atoms with Crippen molar-refractivity contribution in [1.82, 2.24) is 4.98 Å². The maximum atomic E-state index is 5.85. The third kappa shape index (κ3) is 3.67. The molecule has 0 spiro atoms. The molecular formula is C19H20N4. The molecule has 2 aromatic carbocycles. The highest BCUT2D eigenvalue weighted by Crippen LogP contribution is 2.22. The van der Waals surface area contributed by atoms with Gasteiger partial charge in [-0.25, -0.2) is 4.98 Å². The Morgan fingerprint density at radius 3 is 2.26 bits per heavy atom. The van der Waals surface area contributed by atoms with Crippen LogP contribution in [0.1, 0.15) is 11.1 Å². The van der Waals surface area contributed by atoms with E-state index >= 15 is 0 Å². The number of rotatable bonds is 5. The van der Waals surface area contributed by atoms with Gasteiger partial charge in [0.05, 0.1) is 5.69 Å². The van der Waals surface area contributed by atoms with Gasteiger partial charge in [0.15, 0.2) is 0 Å². The summed E-state index contributed by atoms with van der Waals surface area (Å²) in [5.74, 6) is 0.513. The summed E-state index contributed by atoms with van der Waals surface area (Å²) < 4.78 is 0. The first-order chi connectivity index (χ1) is 11.3. The van der Waals surface area contributed by atoms with Gasteiger partial charge < -0.3 is 16.8 Å². The molecule has 23 heavy (non-hydrogen) atoms. The van der Waals surface area contributed by atoms with E-state index < -0.39 is 0 Å². The third-order valence-electron chi connectivity index (χ3n) is 3.74. The van der Waals surface area contributed by atoms with Gasteiger partial charge in [-0.05, 0) is 46.5 Å². The fraction of sp³-hybridized carbons (Fsp3) is 0.105. The Kier molecular flexibility index (Phi) is 4.54. The lowest BCUT2D eigenvalue weighted by Crippen LogP contribution is -2.03. The van der Waals surface area contributed by atoms with Crippen molar-refractivity contribution in [1.29, 1.82) is 0 Å². The number of benzene rings is 2. The van der Waals surface area contributed by atoms with Gasteiger partial charge in [-0.1, -0.05) is 36.4 Å². The van der Waals surface area contributed by atoms with Gasteiger partial charge in [-0.2, -0.15) is 0 Å². The molecule has 5 N–H and O–H groups in total. The lowest BCUT2D eigenvalue weighted by molar-refractivity contribution is 1.07. The second-order valence-corrected chi connectivity index (χ2v) is 5.39. The van der Waals surface area contributed by atoms with Crippen LogP contribution in [0.2, 0.25) is 0 Å². The average Bonchev–Trinajstić information content (AvgIpc) is 2.61. The molecule has 0 aliphatic carbocycles. The van der Waals surface area contributed by atoms with Gasteiger partial charge in [0.25, 0.3) is 0 Å². The van der Waals surface area contributed by atoms with E-state index in [-0.39, 0.29) is 0 Å². The highest BCUT2D eigenvalue weighted by Gasteiger charge is 2.02. The van der Waals surface area contributed by atoms with Gasteiger partial charge in [0.1, 0.15) is 5.82 Å². The van der Waals surface area contributed by atoms with Crippen molar-refractivity contribution >= 4 is 11.5 Å². The molecule has 0 aliphatic heterocycles. The molecule has 1 aromatic heterocycles. The normalized spacial score (nSPS) is 10.5. The van der Waals surface area contributed by atoms with Crippen molar-refractivity contribution in [3.8, 4) is 11.1 Å². The molecule has 4 nitrogen and oxygen atoms in total. The molecule has 0 amide bonds. The summed E-state index contributed by atoms with van der Waals surface area (Å²) in [6, 6.07) is 20.6. The summed E-state index contributed by atoms with van der Waals surface area (Å²) in [6.07, 6.45) is 1.69. The van der Waals surface area contributed by atoms with Gasteiger partial charge in [-0.15, -0.1) is 0 Å². The predicted molar refractivity (Wildman–Crippen MR) is 95.7 cm³/mol. The highest BCUT2D eigenvalue weighted by atomic mass is 14.9. The van der Waals surface area contributed by atoms with Crippen LogP contribution in [0.25, 0.3) is 11.1 Å². The van der Waals surface area contributed by atoms with Gasteiger partial charge >= 0.3 is 0 Å². The molecule has 0 saturated carbocycles. The van der Waals surface area contributed by atoms with Crippen molar-refractivity contribution in [2.24, 2.45) is 5.73 Å². The van der Waals surface area contributed by atoms with E-state index in [0.717, 1.165) is 11.3 Å². The molecule has 0 bridgehead atoms. The van der Waals surface area contributed by atoms with E-state index in [9.17, 15) is 0 Å². The highest BCUT2D eigenvalue weighted by molar-refractivity contribution is 5.65. The van der Waals surface area contributed by atoms with E-state index in [1.54, 1.807) is 6.20 Å². The molecule has 4 heteroatoms. The number of aromatic nitrogens is 1.